The van der Waals surface area contributed by atoms with Crippen molar-refractivity contribution in [3.05, 3.63) is 0 Å². The van der Waals surface area contributed by atoms with Gasteiger partial charge in [0.1, 0.15) is 0 Å². The monoisotopic (exact) mass is 139 g/mol. The van der Waals surface area contributed by atoms with Gasteiger partial charge in [-0.25, -0.2) is 4.57 Å². The van der Waals surface area contributed by atoms with Gasteiger partial charge >= 0.3 is 60.6 Å². The standard InChI is InChI=1S/K.H3O4P.H/c;1-5(2,3)4;/h;(H3,1,2,3,4);/p+1. The molecule has 0 rings (SSSR count). The molecule has 0 spiro atoms. The van der Waals surface area contributed by atoms with Crippen LogP contribution in [0.2, 0.25) is 0 Å². The van der Waals surface area contributed by atoms with Crippen LogP contribution in [-0.2, 0) is 4.57 Å². The van der Waals surface area contributed by atoms with Crippen LogP contribution in [-0.4, -0.2) is 66.1 Å². The zero-order valence-electron chi connectivity index (χ0n) is 3.20. The molecule has 3 N–H and O–H groups in total. The van der Waals surface area contributed by atoms with E-state index in [1.165, 1.54) is 0 Å². The van der Waals surface area contributed by atoms with E-state index in [0.29, 0.717) is 0 Å². The summed E-state index contributed by atoms with van der Waals surface area (Å²) in [6.07, 6.45) is 0. The molecule has 0 aliphatic heterocycles. The number of phosphoric acid groups is 1. The Morgan fingerprint density at radius 3 is 1.33 bits per heavy atom. The second kappa shape index (κ2) is 3.71. The van der Waals surface area contributed by atoms with Crippen LogP contribution in [0.5, 0.6) is 0 Å². The van der Waals surface area contributed by atoms with E-state index in [0.717, 1.165) is 0 Å². The summed E-state index contributed by atoms with van der Waals surface area (Å²) < 4.78 is 8.88. The van der Waals surface area contributed by atoms with Crippen molar-refractivity contribution in [3.63, 3.8) is 0 Å². The topological polar surface area (TPSA) is 77.8 Å². The van der Waals surface area contributed by atoms with E-state index in [4.69, 9.17) is 19.2 Å². The van der Waals surface area contributed by atoms with Gasteiger partial charge in [0.05, 0.1) is 0 Å². The average Bonchev–Trinajstić information content (AvgIpc) is 0.722. The maximum absolute atomic E-state index is 8.88. The van der Waals surface area contributed by atoms with Crippen molar-refractivity contribution in [2.45, 2.75) is 0 Å². The van der Waals surface area contributed by atoms with Crippen LogP contribution in [0, 0.1) is 0 Å². The van der Waals surface area contributed by atoms with Crippen molar-refractivity contribution in [1.29, 1.82) is 0 Å². The fourth-order valence-corrected chi connectivity index (χ4v) is 0. The van der Waals surface area contributed by atoms with E-state index in [1.54, 1.807) is 0 Å². The SMILES string of the molecule is O=P(O)(O)O.[H+].[KH]. The van der Waals surface area contributed by atoms with E-state index >= 15 is 0 Å². The van der Waals surface area contributed by atoms with Crippen molar-refractivity contribution < 1.29 is 20.7 Å². The Morgan fingerprint density at radius 2 is 1.33 bits per heavy atom. The molecule has 0 atom stereocenters. The fraction of sp³-hybridized carbons (Fsp3) is 0. The van der Waals surface area contributed by atoms with E-state index in [1.807, 2.05) is 0 Å². The molecule has 0 aliphatic carbocycles. The van der Waals surface area contributed by atoms with E-state index in [-0.39, 0.29) is 52.8 Å². The normalized spacial score (nSPS) is 9.83. The summed E-state index contributed by atoms with van der Waals surface area (Å²) in [5.74, 6) is 0. The van der Waals surface area contributed by atoms with Gasteiger partial charge in [-0.15, -0.1) is 0 Å². The molecule has 0 aromatic rings. The third kappa shape index (κ3) is 42.4. The molecule has 0 unspecified atom stereocenters. The minimum absolute atomic E-state index is 0. The fourth-order valence-electron chi connectivity index (χ4n) is 0. The molecule has 0 aromatic heterocycles. The Hall–Kier alpha value is 1.75. The van der Waals surface area contributed by atoms with Crippen molar-refractivity contribution in [2.24, 2.45) is 0 Å². The van der Waals surface area contributed by atoms with E-state index in [2.05, 4.69) is 0 Å². The predicted molar refractivity (Wildman–Crippen MR) is 22.5 cm³/mol. The van der Waals surface area contributed by atoms with Gasteiger partial charge in [-0.1, -0.05) is 0 Å². The van der Waals surface area contributed by atoms with Crippen LogP contribution >= 0.6 is 7.82 Å². The van der Waals surface area contributed by atoms with Crippen LogP contribution in [0.15, 0.2) is 0 Å². The number of hydrogen-bond donors (Lipinski definition) is 3. The third-order valence-corrected chi connectivity index (χ3v) is 0. The molecule has 34 valence electrons. The quantitative estimate of drug-likeness (QED) is 0.283. The molecule has 0 saturated heterocycles. The van der Waals surface area contributed by atoms with Crippen LogP contribution in [0.3, 0.4) is 0 Å². The van der Waals surface area contributed by atoms with Crippen molar-refractivity contribution in [1.82, 2.24) is 0 Å². The molecule has 6 heavy (non-hydrogen) atoms. The molecule has 0 bridgehead atoms. The Bertz CT molecular complexity index is 57.8. The maximum atomic E-state index is 8.88. The van der Waals surface area contributed by atoms with Gasteiger partial charge in [-0.05, 0) is 0 Å². The summed E-state index contributed by atoms with van der Waals surface area (Å²) in [6, 6.07) is 0. The van der Waals surface area contributed by atoms with Crippen LogP contribution in [0.1, 0.15) is 1.43 Å². The van der Waals surface area contributed by atoms with E-state index < -0.39 is 7.82 Å². The van der Waals surface area contributed by atoms with Crippen molar-refractivity contribution in [2.75, 3.05) is 0 Å². The Balaban J connectivity index is -0.0000000800. The summed E-state index contributed by atoms with van der Waals surface area (Å²) in [7, 11) is -4.64. The number of rotatable bonds is 0. The Labute approximate surface area is 78.7 Å². The second-order valence-electron chi connectivity index (χ2n) is 0.513. The van der Waals surface area contributed by atoms with Crippen molar-refractivity contribution >= 4 is 59.2 Å². The zero-order valence-corrected chi connectivity index (χ0v) is 3.09. The minimum atomic E-state index is -4.64. The molecule has 4 nitrogen and oxygen atoms in total. The third-order valence-electron chi connectivity index (χ3n) is 0. The number of hydrogen-bond acceptors (Lipinski definition) is 1. The van der Waals surface area contributed by atoms with Gasteiger partial charge in [0, 0.05) is 0 Å². The van der Waals surface area contributed by atoms with Crippen LogP contribution in [0.4, 0.5) is 0 Å². The Kier molecular flexibility index (Phi) is 6.61. The summed E-state index contributed by atoms with van der Waals surface area (Å²) in [5, 5.41) is 0. The van der Waals surface area contributed by atoms with Gasteiger partial charge in [0.15, 0.2) is 0 Å². The molecule has 0 fully saturated rings. The predicted octanol–water partition coefficient (Wildman–Crippen LogP) is -1.46. The molecule has 0 heterocycles. The summed E-state index contributed by atoms with van der Waals surface area (Å²) in [4.78, 5) is 21.6. The van der Waals surface area contributed by atoms with Gasteiger partial charge in [0.25, 0.3) is 0 Å². The molecular weight excluding hydrogens is 134 g/mol. The first-order chi connectivity index (χ1) is 2.00. The first-order valence-electron chi connectivity index (χ1n) is 0.783. The van der Waals surface area contributed by atoms with Crippen LogP contribution in [0.25, 0.3) is 0 Å². The summed E-state index contributed by atoms with van der Waals surface area (Å²) in [5.41, 5.74) is 0. The summed E-state index contributed by atoms with van der Waals surface area (Å²) >= 11 is 0. The molecule has 0 saturated carbocycles. The van der Waals surface area contributed by atoms with Gasteiger partial charge in [0.2, 0.25) is 0 Å². The Morgan fingerprint density at radius 1 is 1.33 bits per heavy atom. The summed E-state index contributed by atoms with van der Waals surface area (Å²) in [6.45, 7) is 0. The zero-order chi connectivity index (χ0) is 4.50. The molecule has 6 heteroatoms. The average molecular weight is 139 g/mol. The van der Waals surface area contributed by atoms with Gasteiger partial charge in [-0.3, -0.25) is 0 Å². The second-order valence-corrected chi connectivity index (χ2v) is 1.54. The van der Waals surface area contributed by atoms with Crippen molar-refractivity contribution in [3.8, 4) is 0 Å². The van der Waals surface area contributed by atoms with Gasteiger partial charge < -0.3 is 14.7 Å². The molecule has 0 aliphatic rings. The van der Waals surface area contributed by atoms with Crippen LogP contribution < -0.4 is 0 Å². The van der Waals surface area contributed by atoms with Gasteiger partial charge in [-0.2, -0.15) is 0 Å². The molecule has 0 amide bonds. The first kappa shape index (κ1) is 10.7. The molecule has 0 radical (unpaired) electrons. The first-order valence-corrected chi connectivity index (χ1v) is 2.35. The molecule has 0 aromatic carbocycles. The molecular formula is H5KO4P+. The van der Waals surface area contributed by atoms with E-state index in [9.17, 15) is 0 Å².